The molecule has 116 valence electrons. The second kappa shape index (κ2) is 6.92. The van der Waals surface area contributed by atoms with Crippen molar-refractivity contribution >= 4 is 23.1 Å². The standard InChI is InChI=1S/C17H21N3OS/c1-18-16-10-14(4-6-19-16)15-3-2-7-20(11-15)17(21)9-13-5-8-22-12-13/h4-6,8,10,12,15H,2-3,7,9,11H2,1H3,(H,18,19). The summed E-state index contributed by atoms with van der Waals surface area (Å²) >= 11 is 1.65. The van der Waals surface area contributed by atoms with Crippen molar-refractivity contribution in [1.82, 2.24) is 9.88 Å². The first-order valence-electron chi connectivity index (χ1n) is 7.69. The van der Waals surface area contributed by atoms with Crippen molar-refractivity contribution < 1.29 is 4.79 Å². The zero-order valence-electron chi connectivity index (χ0n) is 12.8. The van der Waals surface area contributed by atoms with Crippen molar-refractivity contribution in [3.63, 3.8) is 0 Å². The van der Waals surface area contributed by atoms with Gasteiger partial charge in [-0.25, -0.2) is 4.98 Å². The summed E-state index contributed by atoms with van der Waals surface area (Å²) in [7, 11) is 1.88. The molecule has 0 aliphatic carbocycles. The lowest BCUT2D eigenvalue weighted by molar-refractivity contribution is -0.131. The Balaban J connectivity index is 1.67. The van der Waals surface area contributed by atoms with Gasteiger partial charge in [0.25, 0.3) is 0 Å². The Bertz CT molecular complexity index is 627. The van der Waals surface area contributed by atoms with E-state index in [4.69, 9.17) is 0 Å². The SMILES string of the molecule is CNc1cc(C2CCCN(C(=O)Cc3ccsc3)C2)ccn1. The molecule has 5 heteroatoms. The van der Waals surface area contributed by atoms with Gasteiger partial charge in [-0.3, -0.25) is 4.79 Å². The number of hydrogen-bond donors (Lipinski definition) is 1. The summed E-state index contributed by atoms with van der Waals surface area (Å²) in [6.45, 7) is 1.69. The molecule has 0 radical (unpaired) electrons. The summed E-state index contributed by atoms with van der Waals surface area (Å²) in [5.74, 6) is 1.54. The molecular weight excluding hydrogens is 294 g/mol. The van der Waals surface area contributed by atoms with Crippen molar-refractivity contribution in [2.24, 2.45) is 0 Å². The lowest BCUT2D eigenvalue weighted by Gasteiger charge is -2.33. The third-order valence-electron chi connectivity index (χ3n) is 4.22. The van der Waals surface area contributed by atoms with Crippen LogP contribution in [0.25, 0.3) is 0 Å². The van der Waals surface area contributed by atoms with Gasteiger partial charge in [-0.2, -0.15) is 11.3 Å². The van der Waals surface area contributed by atoms with Crippen molar-refractivity contribution in [2.45, 2.75) is 25.2 Å². The molecule has 1 atom stereocenters. The number of nitrogens with one attached hydrogen (secondary N) is 1. The maximum absolute atomic E-state index is 12.5. The van der Waals surface area contributed by atoms with Crippen LogP contribution in [0.4, 0.5) is 5.82 Å². The molecule has 0 spiro atoms. The topological polar surface area (TPSA) is 45.2 Å². The Morgan fingerprint density at radius 3 is 3.18 bits per heavy atom. The van der Waals surface area contributed by atoms with Gasteiger partial charge in [-0.1, -0.05) is 0 Å². The molecule has 1 fully saturated rings. The highest BCUT2D eigenvalue weighted by molar-refractivity contribution is 7.07. The maximum atomic E-state index is 12.5. The van der Waals surface area contributed by atoms with Gasteiger partial charge in [-0.15, -0.1) is 0 Å². The van der Waals surface area contributed by atoms with Crippen LogP contribution in [0.3, 0.4) is 0 Å². The molecule has 0 aromatic carbocycles. The van der Waals surface area contributed by atoms with Gasteiger partial charge in [0.15, 0.2) is 0 Å². The number of likely N-dealkylation sites (tertiary alicyclic amines) is 1. The Hall–Kier alpha value is -1.88. The smallest absolute Gasteiger partial charge is 0.227 e. The minimum atomic E-state index is 0.242. The molecule has 1 N–H and O–H groups in total. The Morgan fingerprint density at radius 1 is 1.50 bits per heavy atom. The molecule has 22 heavy (non-hydrogen) atoms. The predicted molar refractivity (Wildman–Crippen MR) is 90.4 cm³/mol. The third kappa shape index (κ3) is 3.47. The summed E-state index contributed by atoms with van der Waals surface area (Å²) in [4.78, 5) is 18.8. The zero-order chi connectivity index (χ0) is 15.4. The Labute approximate surface area is 135 Å². The zero-order valence-corrected chi connectivity index (χ0v) is 13.6. The number of anilines is 1. The molecule has 0 saturated carbocycles. The summed E-state index contributed by atoms with van der Waals surface area (Å²) < 4.78 is 0. The van der Waals surface area contributed by atoms with Crippen LogP contribution in [0.15, 0.2) is 35.2 Å². The molecule has 3 heterocycles. The molecule has 0 bridgehead atoms. The highest BCUT2D eigenvalue weighted by Crippen LogP contribution is 2.28. The molecule has 3 rings (SSSR count). The molecule has 1 amide bonds. The number of aromatic nitrogens is 1. The predicted octanol–water partition coefficient (Wildman–Crippen LogP) is 3.13. The van der Waals surface area contributed by atoms with Crippen LogP contribution in [-0.4, -0.2) is 35.9 Å². The van der Waals surface area contributed by atoms with E-state index in [-0.39, 0.29) is 5.91 Å². The number of carbonyl (C=O) groups is 1. The van der Waals surface area contributed by atoms with Gasteiger partial charge in [0.1, 0.15) is 5.82 Å². The molecule has 2 aromatic heterocycles. The van der Waals surface area contributed by atoms with Crippen LogP contribution < -0.4 is 5.32 Å². The number of hydrogen-bond acceptors (Lipinski definition) is 4. The number of nitrogens with zero attached hydrogens (tertiary/aromatic N) is 2. The molecule has 1 aliphatic heterocycles. The lowest BCUT2D eigenvalue weighted by atomic mass is 9.91. The van der Waals surface area contributed by atoms with E-state index in [0.29, 0.717) is 12.3 Å². The first-order valence-corrected chi connectivity index (χ1v) is 8.63. The van der Waals surface area contributed by atoms with E-state index in [2.05, 4.69) is 27.8 Å². The quantitative estimate of drug-likeness (QED) is 0.943. The van der Waals surface area contributed by atoms with Gasteiger partial charge in [0, 0.05) is 32.3 Å². The first-order chi connectivity index (χ1) is 10.8. The lowest BCUT2D eigenvalue weighted by Crippen LogP contribution is -2.39. The van der Waals surface area contributed by atoms with Crippen molar-refractivity contribution in [2.75, 3.05) is 25.5 Å². The van der Waals surface area contributed by atoms with Crippen LogP contribution in [0, 0.1) is 0 Å². The summed E-state index contributed by atoms with van der Waals surface area (Å²) in [5.41, 5.74) is 2.39. The highest BCUT2D eigenvalue weighted by Gasteiger charge is 2.25. The van der Waals surface area contributed by atoms with Crippen molar-refractivity contribution in [3.05, 3.63) is 46.3 Å². The summed E-state index contributed by atoms with van der Waals surface area (Å²) in [6.07, 6.45) is 4.56. The number of thiophene rings is 1. The van der Waals surface area contributed by atoms with Crippen LogP contribution in [0.2, 0.25) is 0 Å². The van der Waals surface area contributed by atoms with E-state index in [1.165, 1.54) is 5.56 Å². The second-order valence-corrected chi connectivity index (χ2v) is 6.49. The Kier molecular flexibility index (Phi) is 4.73. The van der Waals surface area contributed by atoms with E-state index < -0.39 is 0 Å². The minimum absolute atomic E-state index is 0.242. The maximum Gasteiger partial charge on any atom is 0.227 e. The molecule has 1 unspecified atom stereocenters. The van der Waals surface area contributed by atoms with Crippen molar-refractivity contribution in [1.29, 1.82) is 0 Å². The second-order valence-electron chi connectivity index (χ2n) is 5.71. The van der Waals surface area contributed by atoms with Gasteiger partial charge in [-0.05, 0) is 52.9 Å². The van der Waals surface area contributed by atoms with Crippen LogP contribution in [0.5, 0.6) is 0 Å². The molecular formula is C17H21N3OS. The van der Waals surface area contributed by atoms with E-state index in [9.17, 15) is 4.79 Å². The molecule has 2 aromatic rings. The van der Waals surface area contributed by atoms with Crippen molar-refractivity contribution in [3.8, 4) is 0 Å². The van der Waals surface area contributed by atoms with Gasteiger partial charge in [0.2, 0.25) is 5.91 Å². The molecule has 1 saturated heterocycles. The van der Waals surface area contributed by atoms with E-state index in [0.717, 1.165) is 37.3 Å². The van der Waals surface area contributed by atoms with Gasteiger partial charge in [0.05, 0.1) is 6.42 Å². The average Bonchev–Trinajstić information content (AvgIpc) is 3.08. The van der Waals surface area contributed by atoms with E-state index in [1.54, 1.807) is 11.3 Å². The number of piperidine rings is 1. The fourth-order valence-electron chi connectivity index (χ4n) is 2.99. The minimum Gasteiger partial charge on any atom is -0.373 e. The van der Waals surface area contributed by atoms with Crippen LogP contribution in [-0.2, 0) is 11.2 Å². The van der Waals surface area contributed by atoms with Gasteiger partial charge >= 0.3 is 0 Å². The normalized spacial score (nSPS) is 18.2. The van der Waals surface area contributed by atoms with Crippen LogP contribution in [0.1, 0.15) is 29.9 Å². The van der Waals surface area contributed by atoms with E-state index >= 15 is 0 Å². The van der Waals surface area contributed by atoms with E-state index in [1.807, 2.05) is 29.6 Å². The highest BCUT2D eigenvalue weighted by atomic mass is 32.1. The number of amides is 1. The summed E-state index contributed by atoms with van der Waals surface area (Å²) in [6, 6.07) is 6.20. The van der Waals surface area contributed by atoms with Gasteiger partial charge < -0.3 is 10.2 Å². The number of rotatable bonds is 4. The average molecular weight is 315 g/mol. The third-order valence-corrected chi connectivity index (χ3v) is 4.95. The summed E-state index contributed by atoms with van der Waals surface area (Å²) in [5, 5.41) is 7.16. The monoisotopic (exact) mass is 315 g/mol. The first kappa shape index (κ1) is 15.0. The fourth-order valence-corrected chi connectivity index (χ4v) is 3.66. The fraction of sp³-hybridized carbons (Fsp3) is 0.412. The Morgan fingerprint density at radius 2 is 2.41 bits per heavy atom. The van der Waals surface area contributed by atoms with Crippen LogP contribution >= 0.6 is 11.3 Å². The molecule has 4 nitrogen and oxygen atoms in total. The number of pyridine rings is 1. The molecule has 1 aliphatic rings. The largest absolute Gasteiger partial charge is 0.373 e. The number of carbonyl (C=O) groups excluding carboxylic acids is 1.